The van der Waals surface area contributed by atoms with Crippen LogP contribution >= 0.6 is 0 Å². The monoisotopic (exact) mass is 448 g/mol. The van der Waals surface area contributed by atoms with Gasteiger partial charge in [-0.1, -0.05) is 6.07 Å². The second kappa shape index (κ2) is 9.36. The average molecular weight is 448 g/mol. The normalized spacial score (nSPS) is 19.3. The maximum absolute atomic E-state index is 12.6. The Morgan fingerprint density at radius 1 is 1.19 bits per heavy atom. The third-order valence-electron chi connectivity index (χ3n) is 5.99. The molecule has 0 aliphatic carbocycles. The largest absolute Gasteiger partial charge is 0.389 e. The summed E-state index contributed by atoms with van der Waals surface area (Å²) in [6.07, 6.45) is -1.06. The van der Waals surface area contributed by atoms with Crippen LogP contribution < -0.4 is 10.2 Å². The van der Waals surface area contributed by atoms with Gasteiger partial charge >= 0.3 is 12.2 Å². The number of halogens is 3. The van der Waals surface area contributed by atoms with E-state index >= 15 is 0 Å². The lowest BCUT2D eigenvalue weighted by Gasteiger charge is -2.28. The lowest BCUT2D eigenvalue weighted by Crippen LogP contribution is -2.36. The van der Waals surface area contributed by atoms with E-state index in [4.69, 9.17) is 4.74 Å². The second-order valence-electron chi connectivity index (χ2n) is 8.41. The zero-order valence-electron chi connectivity index (χ0n) is 18.0. The van der Waals surface area contributed by atoms with Gasteiger partial charge < -0.3 is 19.9 Å². The number of amides is 2. The summed E-state index contributed by atoms with van der Waals surface area (Å²) in [5.41, 5.74) is 4.55. The lowest BCUT2D eigenvalue weighted by molar-refractivity contribution is -0.143. The van der Waals surface area contributed by atoms with E-state index in [2.05, 4.69) is 21.3 Å². The van der Waals surface area contributed by atoms with Gasteiger partial charge in [0.15, 0.2) is 0 Å². The number of benzene rings is 1. The fraction of sp³-hybridized carbons (Fsp3) is 0.478. The molecule has 2 aliphatic heterocycles. The Morgan fingerprint density at radius 2 is 1.97 bits per heavy atom. The average Bonchev–Trinajstić information content (AvgIpc) is 3.23. The summed E-state index contributed by atoms with van der Waals surface area (Å²) in [5, 5.41) is 2.84. The van der Waals surface area contributed by atoms with Crippen molar-refractivity contribution in [2.45, 2.75) is 25.9 Å². The third kappa shape index (κ3) is 5.51. The van der Waals surface area contributed by atoms with Crippen molar-refractivity contribution in [3.63, 3.8) is 0 Å². The molecule has 2 amide bonds. The van der Waals surface area contributed by atoms with Crippen LogP contribution in [0.25, 0.3) is 11.1 Å². The van der Waals surface area contributed by atoms with E-state index < -0.39 is 18.5 Å². The van der Waals surface area contributed by atoms with Crippen LogP contribution in [-0.2, 0) is 4.74 Å². The molecule has 32 heavy (non-hydrogen) atoms. The van der Waals surface area contributed by atoms with Crippen LogP contribution in [-0.4, -0.2) is 61.5 Å². The van der Waals surface area contributed by atoms with Gasteiger partial charge in [-0.2, -0.15) is 13.2 Å². The number of anilines is 2. The van der Waals surface area contributed by atoms with Crippen molar-refractivity contribution >= 4 is 17.4 Å². The summed E-state index contributed by atoms with van der Waals surface area (Å²) in [5.74, 6) is -0.539. The van der Waals surface area contributed by atoms with E-state index in [0.29, 0.717) is 31.9 Å². The topological polar surface area (TPSA) is 57.7 Å². The van der Waals surface area contributed by atoms with Crippen molar-refractivity contribution < 1.29 is 22.7 Å². The van der Waals surface area contributed by atoms with E-state index in [1.165, 1.54) is 4.90 Å². The van der Waals surface area contributed by atoms with Gasteiger partial charge in [0.05, 0.1) is 25.1 Å². The Bertz CT molecular complexity index is 960. The summed E-state index contributed by atoms with van der Waals surface area (Å²) >= 11 is 0. The molecule has 1 aromatic carbocycles. The molecule has 2 aliphatic rings. The number of aromatic nitrogens is 1. The van der Waals surface area contributed by atoms with Crippen molar-refractivity contribution in [3.05, 3.63) is 42.2 Å². The standard InChI is InChI=1S/C23H27F3N4O2/c1-16-2-3-19(28-22(31)30-5-4-17(15-30)12-23(24,25)26)11-21(16)18-10-20(14-27-13-18)29-6-8-32-9-7-29/h2-3,10-11,13-14,17H,4-9,12,15H2,1H3,(H,28,31)/t17-/m0/s1. The molecule has 2 fully saturated rings. The maximum Gasteiger partial charge on any atom is 0.389 e. The number of hydrogen-bond donors (Lipinski definition) is 1. The summed E-state index contributed by atoms with van der Waals surface area (Å²) in [4.78, 5) is 20.7. The minimum atomic E-state index is -4.20. The number of aryl methyl sites for hydroxylation is 1. The zero-order chi connectivity index (χ0) is 22.7. The number of morpholine rings is 1. The van der Waals surface area contributed by atoms with E-state index in [1.807, 2.05) is 25.3 Å². The Kier molecular flexibility index (Phi) is 6.55. The van der Waals surface area contributed by atoms with Gasteiger partial charge in [-0.25, -0.2) is 4.79 Å². The molecule has 0 unspecified atom stereocenters. The molecule has 2 aromatic rings. The highest BCUT2D eigenvalue weighted by molar-refractivity contribution is 5.90. The first-order valence-electron chi connectivity index (χ1n) is 10.8. The molecule has 4 rings (SSSR count). The second-order valence-corrected chi connectivity index (χ2v) is 8.41. The van der Waals surface area contributed by atoms with Crippen LogP contribution in [0.4, 0.5) is 29.3 Å². The molecule has 0 spiro atoms. The Labute approximate surface area is 185 Å². The van der Waals surface area contributed by atoms with Gasteiger partial charge in [-0.3, -0.25) is 4.98 Å². The summed E-state index contributed by atoms with van der Waals surface area (Å²) in [6.45, 7) is 5.43. The Hall–Kier alpha value is -2.81. The number of pyridine rings is 1. The van der Waals surface area contributed by atoms with Crippen molar-refractivity contribution in [2.75, 3.05) is 49.6 Å². The highest BCUT2D eigenvalue weighted by Gasteiger charge is 2.36. The predicted octanol–water partition coefficient (Wildman–Crippen LogP) is 4.70. The molecule has 1 N–H and O–H groups in total. The van der Waals surface area contributed by atoms with Crippen LogP contribution in [0.3, 0.4) is 0 Å². The fourth-order valence-corrected chi connectivity index (χ4v) is 4.29. The van der Waals surface area contributed by atoms with E-state index in [1.54, 1.807) is 12.3 Å². The van der Waals surface area contributed by atoms with Gasteiger partial charge in [-0.05, 0) is 48.6 Å². The molecule has 172 valence electrons. The number of rotatable bonds is 4. The first-order valence-corrected chi connectivity index (χ1v) is 10.8. The summed E-state index contributed by atoms with van der Waals surface area (Å²) in [6, 6.07) is 7.32. The smallest absolute Gasteiger partial charge is 0.378 e. The number of nitrogens with zero attached hydrogens (tertiary/aromatic N) is 3. The lowest BCUT2D eigenvalue weighted by atomic mass is 10.0. The Morgan fingerprint density at radius 3 is 2.72 bits per heavy atom. The van der Waals surface area contributed by atoms with Crippen molar-refractivity contribution in [3.8, 4) is 11.1 Å². The molecule has 0 radical (unpaired) electrons. The van der Waals surface area contributed by atoms with Gasteiger partial charge in [-0.15, -0.1) is 0 Å². The molecule has 6 nitrogen and oxygen atoms in total. The number of likely N-dealkylation sites (tertiary alicyclic amines) is 1. The number of alkyl halides is 3. The molecule has 2 saturated heterocycles. The minimum absolute atomic E-state index is 0.121. The molecule has 9 heteroatoms. The van der Waals surface area contributed by atoms with Crippen molar-refractivity contribution in [1.82, 2.24) is 9.88 Å². The van der Waals surface area contributed by atoms with Gasteiger partial charge in [0.2, 0.25) is 0 Å². The van der Waals surface area contributed by atoms with E-state index in [9.17, 15) is 18.0 Å². The number of nitrogens with one attached hydrogen (secondary N) is 1. The summed E-state index contributed by atoms with van der Waals surface area (Å²) in [7, 11) is 0. The molecule has 0 bridgehead atoms. The number of hydrogen-bond acceptors (Lipinski definition) is 4. The van der Waals surface area contributed by atoms with Crippen LogP contribution in [0.15, 0.2) is 36.7 Å². The van der Waals surface area contributed by atoms with Crippen LogP contribution in [0, 0.1) is 12.8 Å². The van der Waals surface area contributed by atoms with Gasteiger partial charge in [0.1, 0.15) is 0 Å². The SMILES string of the molecule is Cc1ccc(NC(=O)N2CC[C@@H](CC(F)(F)F)C2)cc1-c1cncc(N2CCOCC2)c1. The molecular formula is C23H27F3N4O2. The number of urea groups is 1. The first kappa shape index (κ1) is 22.4. The van der Waals surface area contributed by atoms with Crippen LogP contribution in [0.1, 0.15) is 18.4 Å². The molecule has 1 aromatic heterocycles. The maximum atomic E-state index is 12.6. The highest BCUT2D eigenvalue weighted by atomic mass is 19.4. The predicted molar refractivity (Wildman–Crippen MR) is 117 cm³/mol. The molecule has 1 atom stereocenters. The zero-order valence-corrected chi connectivity index (χ0v) is 18.0. The van der Waals surface area contributed by atoms with Crippen LogP contribution in [0.2, 0.25) is 0 Å². The highest BCUT2D eigenvalue weighted by Crippen LogP contribution is 2.32. The van der Waals surface area contributed by atoms with Crippen LogP contribution in [0.5, 0.6) is 0 Å². The Balaban J connectivity index is 1.46. The first-order chi connectivity index (χ1) is 15.3. The third-order valence-corrected chi connectivity index (χ3v) is 5.99. The molecule has 3 heterocycles. The number of ether oxygens (including phenoxy) is 1. The number of carbonyl (C=O) groups is 1. The molecule has 0 saturated carbocycles. The minimum Gasteiger partial charge on any atom is -0.378 e. The quantitative estimate of drug-likeness (QED) is 0.737. The summed E-state index contributed by atoms with van der Waals surface area (Å²) < 4.78 is 43.3. The van der Waals surface area contributed by atoms with Crippen molar-refractivity contribution in [2.24, 2.45) is 5.92 Å². The molecular weight excluding hydrogens is 421 g/mol. The van der Waals surface area contributed by atoms with Gasteiger partial charge in [0.25, 0.3) is 0 Å². The van der Waals surface area contributed by atoms with E-state index in [0.717, 1.165) is 35.5 Å². The fourth-order valence-electron chi connectivity index (χ4n) is 4.29. The van der Waals surface area contributed by atoms with E-state index in [-0.39, 0.29) is 12.6 Å². The van der Waals surface area contributed by atoms with Crippen molar-refractivity contribution in [1.29, 1.82) is 0 Å². The number of carbonyl (C=O) groups excluding carboxylic acids is 1. The van der Waals surface area contributed by atoms with Gasteiger partial charge in [0, 0.05) is 50.0 Å².